The van der Waals surface area contributed by atoms with Crippen molar-refractivity contribution in [3.63, 3.8) is 0 Å². The van der Waals surface area contributed by atoms with Crippen LogP contribution in [0.15, 0.2) is 48.8 Å². The van der Waals surface area contributed by atoms with Crippen LogP contribution in [0, 0.1) is 11.8 Å². The first kappa shape index (κ1) is 25.9. The summed E-state index contributed by atoms with van der Waals surface area (Å²) in [4.78, 5) is 15.6. The van der Waals surface area contributed by atoms with Gasteiger partial charge in [0, 0.05) is 34.5 Å². The molecule has 7 N–H and O–H groups in total. The number of para-hydroxylation sites is 1. The molecule has 3 aliphatic rings. The summed E-state index contributed by atoms with van der Waals surface area (Å²) in [7, 11) is 0. The summed E-state index contributed by atoms with van der Waals surface area (Å²) in [6, 6.07) is 7.87. The summed E-state index contributed by atoms with van der Waals surface area (Å²) in [6.45, 7) is 4.01. The number of rotatable bonds is 7. The van der Waals surface area contributed by atoms with Crippen LogP contribution >= 0.6 is 0 Å². The minimum absolute atomic E-state index is 0.0589. The molecule has 5 unspecified atom stereocenters. The number of carboxylic acids is 1. The van der Waals surface area contributed by atoms with Gasteiger partial charge >= 0.3 is 5.97 Å². The topological polar surface area (TPSA) is 174 Å². The van der Waals surface area contributed by atoms with Crippen LogP contribution in [0.1, 0.15) is 23.7 Å². The van der Waals surface area contributed by atoms with Crippen molar-refractivity contribution < 1.29 is 44.5 Å². The quantitative estimate of drug-likeness (QED) is 0.254. The molecule has 200 valence electrons. The number of hydrogen-bond acceptors (Lipinski definition) is 9. The maximum atomic E-state index is 12.2. The number of fused-ring (bicyclic) bond motifs is 3. The number of carbonyl (C=O) groups is 1. The molecule has 4 heterocycles. The van der Waals surface area contributed by atoms with Gasteiger partial charge in [-0.15, -0.1) is 6.58 Å². The summed E-state index contributed by atoms with van der Waals surface area (Å²) in [5.74, 6) is -2.36. The molecule has 1 saturated heterocycles. The van der Waals surface area contributed by atoms with E-state index in [-0.39, 0.29) is 11.6 Å². The molecule has 1 aromatic heterocycles. The van der Waals surface area contributed by atoms with Gasteiger partial charge in [0.15, 0.2) is 6.29 Å². The second kappa shape index (κ2) is 10.5. The molecule has 5 rings (SSSR count). The molecular weight excluding hydrogens is 484 g/mol. The Kier molecular flexibility index (Phi) is 7.37. The number of aromatic amines is 1. The highest BCUT2D eigenvalue weighted by Crippen LogP contribution is 2.41. The van der Waals surface area contributed by atoms with Crippen molar-refractivity contribution in [2.24, 2.45) is 11.8 Å². The fraction of sp³-hybridized carbons (Fsp3) is 0.500. The number of hydrogen-bond donors (Lipinski definition) is 7. The fourth-order valence-electron chi connectivity index (χ4n) is 5.64. The maximum Gasteiger partial charge on any atom is 0.334 e. The molecule has 0 bridgehead atoms. The highest BCUT2D eigenvalue weighted by molar-refractivity contribution is 5.87. The van der Waals surface area contributed by atoms with Crippen molar-refractivity contribution in [3.05, 3.63) is 60.0 Å². The number of aliphatic hydroxyl groups is 4. The molecule has 11 nitrogen and oxygen atoms in total. The van der Waals surface area contributed by atoms with Gasteiger partial charge in [0.2, 0.25) is 6.29 Å². The third-order valence-corrected chi connectivity index (χ3v) is 7.59. The van der Waals surface area contributed by atoms with Crippen LogP contribution in [-0.4, -0.2) is 86.6 Å². The molecule has 11 heteroatoms. The summed E-state index contributed by atoms with van der Waals surface area (Å²) < 4.78 is 16.9. The highest BCUT2D eigenvalue weighted by atomic mass is 16.8. The monoisotopic (exact) mass is 516 g/mol. The average molecular weight is 517 g/mol. The Morgan fingerprint density at radius 2 is 1.95 bits per heavy atom. The number of ether oxygens (including phenoxy) is 3. The zero-order chi connectivity index (χ0) is 26.3. The molecule has 9 atom stereocenters. The zero-order valence-electron chi connectivity index (χ0n) is 20.1. The third kappa shape index (κ3) is 4.68. The molecule has 3 aliphatic heterocycles. The Labute approximate surface area is 213 Å². The fourth-order valence-corrected chi connectivity index (χ4v) is 5.64. The van der Waals surface area contributed by atoms with Crippen LogP contribution in [0.5, 0.6) is 0 Å². The van der Waals surface area contributed by atoms with Crippen molar-refractivity contribution >= 4 is 16.9 Å². The van der Waals surface area contributed by atoms with Gasteiger partial charge in [-0.3, -0.25) is 0 Å². The summed E-state index contributed by atoms with van der Waals surface area (Å²) in [5.41, 5.74) is 3.30. The number of aliphatic hydroxyl groups excluding tert-OH is 4. The molecule has 0 amide bonds. The van der Waals surface area contributed by atoms with Gasteiger partial charge < -0.3 is 50.0 Å². The van der Waals surface area contributed by atoms with E-state index in [0.717, 1.165) is 35.8 Å². The Morgan fingerprint density at radius 1 is 1.16 bits per heavy atom. The maximum absolute atomic E-state index is 12.2. The number of aromatic nitrogens is 1. The van der Waals surface area contributed by atoms with E-state index in [2.05, 4.69) is 22.9 Å². The van der Waals surface area contributed by atoms with Crippen molar-refractivity contribution in [1.82, 2.24) is 10.3 Å². The van der Waals surface area contributed by atoms with Crippen LogP contribution in [0.2, 0.25) is 0 Å². The lowest BCUT2D eigenvalue weighted by Gasteiger charge is -2.43. The summed E-state index contributed by atoms with van der Waals surface area (Å²) in [5, 5.41) is 54.6. The number of nitrogens with one attached hydrogen (secondary N) is 2. The molecule has 0 aliphatic carbocycles. The predicted octanol–water partition coefficient (Wildman–Crippen LogP) is 0.305. The Morgan fingerprint density at radius 3 is 2.68 bits per heavy atom. The predicted molar refractivity (Wildman–Crippen MR) is 130 cm³/mol. The molecule has 0 spiro atoms. The lowest BCUT2D eigenvalue weighted by Crippen LogP contribution is -2.60. The van der Waals surface area contributed by atoms with Crippen molar-refractivity contribution in [2.45, 2.75) is 55.9 Å². The SMILES string of the molecule is C=C[C@H]1[C@H](OC2OC(CO)C(O)C(O)C2O)OC=C(C(=O)O)[C@H]1C[C@@H]1NCCc2c1[nH]c1ccccc21. The van der Waals surface area contributed by atoms with Gasteiger partial charge in [0.05, 0.1) is 18.4 Å². The normalized spacial score (nSPS) is 35.9. The van der Waals surface area contributed by atoms with Crippen LogP contribution < -0.4 is 5.32 Å². The van der Waals surface area contributed by atoms with Crippen LogP contribution in [0.3, 0.4) is 0 Å². The Bertz CT molecular complexity index is 1180. The van der Waals surface area contributed by atoms with E-state index in [1.807, 2.05) is 18.2 Å². The van der Waals surface area contributed by atoms with E-state index in [9.17, 15) is 30.3 Å². The Hall–Kier alpha value is -2.77. The van der Waals surface area contributed by atoms with Crippen LogP contribution in [0.4, 0.5) is 0 Å². The van der Waals surface area contributed by atoms with Gasteiger partial charge in [-0.05, 0) is 31.0 Å². The molecule has 37 heavy (non-hydrogen) atoms. The van der Waals surface area contributed by atoms with Crippen molar-refractivity contribution in [1.29, 1.82) is 0 Å². The number of carboxylic acid groups (broad SMARTS) is 1. The number of aliphatic carboxylic acids is 1. The zero-order valence-corrected chi connectivity index (χ0v) is 20.1. The van der Waals surface area contributed by atoms with E-state index in [1.165, 1.54) is 5.56 Å². The minimum atomic E-state index is -1.62. The van der Waals surface area contributed by atoms with E-state index in [1.54, 1.807) is 6.08 Å². The standard InChI is InChI=1S/C26H32N2O9/c1-2-12-15(9-18-20-14(7-8-27-18)13-5-3-4-6-17(13)28-20)16(24(33)34)11-35-25(12)37-26-23(32)22(31)21(30)19(10-29)36-26/h2-6,11-12,15,18-19,21-23,25-32H,1,7-10H2,(H,33,34)/t12-,15+,18+,19?,21?,22?,23?,25+,26?/m1/s1. The van der Waals surface area contributed by atoms with E-state index < -0.39 is 61.4 Å². The third-order valence-electron chi connectivity index (χ3n) is 7.59. The van der Waals surface area contributed by atoms with E-state index >= 15 is 0 Å². The number of benzene rings is 1. The van der Waals surface area contributed by atoms with Crippen molar-refractivity contribution in [3.8, 4) is 0 Å². The molecule has 0 radical (unpaired) electrons. The minimum Gasteiger partial charge on any atom is -0.478 e. The van der Waals surface area contributed by atoms with Crippen LogP contribution in [0.25, 0.3) is 10.9 Å². The lowest BCUT2D eigenvalue weighted by atomic mass is 9.78. The van der Waals surface area contributed by atoms with Gasteiger partial charge in [0.1, 0.15) is 24.4 Å². The molecule has 1 fully saturated rings. The summed E-state index contributed by atoms with van der Waals surface area (Å²) >= 11 is 0. The average Bonchev–Trinajstić information content (AvgIpc) is 3.28. The first-order valence-corrected chi connectivity index (χ1v) is 12.3. The van der Waals surface area contributed by atoms with Gasteiger partial charge in [-0.2, -0.15) is 0 Å². The molecular formula is C26H32N2O9. The summed E-state index contributed by atoms with van der Waals surface area (Å²) in [6.07, 6.45) is -4.53. The second-order valence-electron chi connectivity index (χ2n) is 9.69. The van der Waals surface area contributed by atoms with E-state index in [0.29, 0.717) is 6.42 Å². The Balaban J connectivity index is 1.41. The first-order chi connectivity index (χ1) is 17.8. The number of H-pyrrole nitrogens is 1. The van der Waals surface area contributed by atoms with E-state index in [4.69, 9.17) is 14.2 Å². The molecule has 2 aromatic rings. The van der Waals surface area contributed by atoms with Crippen LogP contribution in [-0.2, 0) is 25.4 Å². The van der Waals surface area contributed by atoms with Crippen molar-refractivity contribution in [2.75, 3.05) is 13.2 Å². The largest absolute Gasteiger partial charge is 0.478 e. The van der Waals surface area contributed by atoms with Gasteiger partial charge in [-0.25, -0.2) is 4.79 Å². The molecule has 0 saturated carbocycles. The highest BCUT2D eigenvalue weighted by Gasteiger charge is 2.48. The smallest absolute Gasteiger partial charge is 0.334 e. The van der Waals surface area contributed by atoms with Gasteiger partial charge in [0.25, 0.3) is 0 Å². The lowest BCUT2D eigenvalue weighted by molar-refractivity contribution is -0.339. The first-order valence-electron chi connectivity index (χ1n) is 12.3. The van der Waals surface area contributed by atoms with Gasteiger partial charge in [-0.1, -0.05) is 24.3 Å². The molecule has 1 aromatic carbocycles. The second-order valence-corrected chi connectivity index (χ2v) is 9.69.